The maximum atomic E-state index is 14.7. The third-order valence-electron chi connectivity index (χ3n) is 6.93. The van der Waals surface area contributed by atoms with Gasteiger partial charge in [0.2, 0.25) is 0 Å². The summed E-state index contributed by atoms with van der Waals surface area (Å²) in [5.74, 6) is 0. The van der Waals surface area contributed by atoms with Gasteiger partial charge in [0.1, 0.15) is 0 Å². The number of nitrogens with zero attached hydrogens (tertiary/aromatic N) is 1. The molecule has 196 valence electrons. The van der Waals surface area contributed by atoms with Crippen LogP contribution in [0.3, 0.4) is 0 Å². The van der Waals surface area contributed by atoms with Gasteiger partial charge in [-0.25, -0.2) is 0 Å². The van der Waals surface area contributed by atoms with Gasteiger partial charge in [0.15, 0.2) is 0 Å². The summed E-state index contributed by atoms with van der Waals surface area (Å²) in [4.78, 5) is 5.36. The van der Waals surface area contributed by atoms with Gasteiger partial charge >= 0.3 is 238 Å². The predicted octanol–water partition coefficient (Wildman–Crippen LogP) is 8.37. The minimum atomic E-state index is -4.78. The zero-order chi connectivity index (χ0) is 27.0. The molecule has 1 heterocycles. The molecule has 1 aliphatic rings. The third-order valence-corrected chi connectivity index (χ3v) is 16.9. The van der Waals surface area contributed by atoms with E-state index in [2.05, 4.69) is 20.6 Å². The van der Waals surface area contributed by atoms with Crippen LogP contribution in [0.1, 0.15) is 12.0 Å². The normalized spacial score (nSPS) is 18.8. The summed E-state index contributed by atoms with van der Waals surface area (Å²) in [6.07, 6.45) is -5.08. The average molecular weight is 639 g/mol. The number of halogens is 6. The molecule has 0 fully saturated rings. The van der Waals surface area contributed by atoms with Crippen LogP contribution in [0.2, 0.25) is 10.0 Å². The topological polar surface area (TPSA) is 21.6 Å². The Morgan fingerprint density at radius 1 is 0.763 bits per heavy atom. The molecule has 0 amide bonds. The molecule has 1 unspecified atom stereocenters. The molecule has 1 aliphatic heterocycles. The summed E-state index contributed by atoms with van der Waals surface area (Å²) in [6.45, 7) is 0. The van der Waals surface area contributed by atoms with Gasteiger partial charge in [0.05, 0.1) is 0 Å². The molecule has 0 aromatic heterocycles. The predicted molar refractivity (Wildman–Crippen MR) is 156 cm³/mol. The molecule has 4 aromatic rings. The first-order chi connectivity index (χ1) is 18.1. The van der Waals surface area contributed by atoms with Crippen LogP contribution >= 0.6 is 44.0 Å². The maximum absolute atomic E-state index is 14.7. The van der Waals surface area contributed by atoms with E-state index < -0.39 is 23.5 Å². The number of rotatable bonds is 6. The van der Waals surface area contributed by atoms with Crippen molar-refractivity contribution >= 4 is 65.6 Å². The van der Waals surface area contributed by atoms with Crippen molar-refractivity contribution in [2.24, 2.45) is 5.16 Å². The number of hydrogen-bond donors (Lipinski definition) is 0. The van der Waals surface area contributed by atoms with E-state index in [4.69, 9.17) is 28.0 Å². The van der Waals surface area contributed by atoms with Crippen molar-refractivity contribution in [3.8, 4) is 0 Å². The van der Waals surface area contributed by atoms with Crippen LogP contribution in [0.25, 0.3) is 0 Å². The quantitative estimate of drug-likeness (QED) is 0.195. The van der Waals surface area contributed by atoms with E-state index in [1.807, 2.05) is 91.0 Å². The molecule has 0 spiro atoms. The first-order valence-electron chi connectivity index (χ1n) is 11.7. The summed E-state index contributed by atoms with van der Waals surface area (Å²) < 4.78 is 44.2. The van der Waals surface area contributed by atoms with Crippen LogP contribution in [0.4, 0.5) is 13.2 Å². The van der Waals surface area contributed by atoms with Crippen molar-refractivity contribution in [3.05, 3.63) is 125 Å². The molecule has 9 heteroatoms. The van der Waals surface area contributed by atoms with E-state index in [9.17, 15) is 13.2 Å². The molecule has 2 nitrogen and oxygen atoms in total. The standard InChI is InChI=1S/C29H22BrCl2F3NOP/c30-38(25-10-4-1-5-11-25,26-12-6-2-7-13-26,27-14-8-3-9-15-27)20-24-19-28(37-36-24,29(33,34)35)21-16-22(31)18-23(32)17-21/h1-18H,19-20H2. The van der Waals surface area contributed by atoms with E-state index in [1.165, 1.54) is 18.2 Å². The van der Waals surface area contributed by atoms with Gasteiger partial charge in [-0.1, -0.05) is 0 Å². The Morgan fingerprint density at radius 3 is 1.58 bits per heavy atom. The number of oxime groups is 1. The Hall–Kier alpha value is -2.37. The zero-order valence-corrected chi connectivity index (χ0v) is 23.9. The van der Waals surface area contributed by atoms with E-state index in [1.54, 1.807) is 0 Å². The fourth-order valence-corrected chi connectivity index (χ4v) is 13.3. The molecule has 0 saturated carbocycles. The zero-order valence-electron chi connectivity index (χ0n) is 19.9. The summed E-state index contributed by atoms with van der Waals surface area (Å²) in [5.41, 5.74) is -2.61. The van der Waals surface area contributed by atoms with Crippen molar-refractivity contribution in [3.63, 3.8) is 0 Å². The fourth-order valence-electron chi connectivity index (χ4n) is 5.12. The Labute approximate surface area is 237 Å². The van der Waals surface area contributed by atoms with Crippen molar-refractivity contribution in [1.82, 2.24) is 0 Å². The molecular weight excluding hydrogens is 617 g/mol. The number of benzene rings is 4. The Bertz CT molecular complexity index is 1370. The molecule has 4 aromatic carbocycles. The molecular formula is C29H22BrCl2F3NOP. The molecule has 0 saturated heterocycles. The van der Waals surface area contributed by atoms with Crippen LogP contribution in [0.5, 0.6) is 0 Å². The first kappa shape index (κ1) is 27.2. The van der Waals surface area contributed by atoms with Gasteiger partial charge in [-0.05, 0) is 0 Å². The number of alkyl halides is 3. The third kappa shape index (κ3) is 4.46. The second-order valence-electron chi connectivity index (χ2n) is 9.26. The monoisotopic (exact) mass is 637 g/mol. The Kier molecular flexibility index (Phi) is 7.15. The van der Waals surface area contributed by atoms with Gasteiger partial charge in [0.25, 0.3) is 0 Å². The van der Waals surface area contributed by atoms with E-state index >= 15 is 0 Å². The molecule has 0 bridgehead atoms. The van der Waals surface area contributed by atoms with E-state index in [0.717, 1.165) is 15.9 Å². The average Bonchev–Trinajstić information content (AvgIpc) is 3.35. The summed E-state index contributed by atoms with van der Waals surface area (Å²) in [7, 11) is 0. The Morgan fingerprint density at radius 2 is 1.18 bits per heavy atom. The van der Waals surface area contributed by atoms with Crippen molar-refractivity contribution in [2.45, 2.75) is 18.2 Å². The second kappa shape index (κ2) is 9.98. The van der Waals surface area contributed by atoms with Crippen molar-refractivity contribution in [1.29, 1.82) is 0 Å². The molecule has 5 rings (SSSR count). The van der Waals surface area contributed by atoms with Crippen LogP contribution in [0, 0.1) is 0 Å². The van der Waals surface area contributed by atoms with Gasteiger partial charge in [-0.3, -0.25) is 0 Å². The van der Waals surface area contributed by atoms with Gasteiger partial charge in [-0.15, -0.1) is 0 Å². The van der Waals surface area contributed by atoms with E-state index in [0.29, 0.717) is 0 Å². The second-order valence-corrected chi connectivity index (χ2v) is 19.1. The number of hydrogen-bond acceptors (Lipinski definition) is 2. The molecule has 1 atom stereocenters. The van der Waals surface area contributed by atoms with E-state index in [-0.39, 0.29) is 27.5 Å². The van der Waals surface area contributed by atoms with Crippen molar-refractivity contribution < 1.29 is 18.0 Å². The molecule has 0 aliphatic carbocycles. The van der Waals surface area contributed by atoms with Gasteiger partial charge in [0, 0.05) is 0 Å². The molecule has 38 heavy (non-hydrogen) atoms. The first-order valence-corrected chi connectivity index (χ1v) is 16.9. The molecule has 0 N–H and O–H groups in total. The van der Waals surface area contributed by atoms with Crippen LogP contribution in [0.15, 0.2) is 114 Å². The summed E-state index contributed by atoms with van der Waals surface area (Å²) in [5, 5.41) is 3.61. The van der Waals surface area contributed by atoms with Crippen molar-refractivity contribution in [2.75, 3.05) is 6.16 Å². The molecule has 0 radical (unpaired) electrons. The SMILES string of the molecule is FC(F)(F)C1(c2cc(Cl)cc(Cl)c2)CC(CP(Br)(c2ccccc2)(c2ccccc2)c2ccccc2)=NO1. The Balaban J connectivity index is 1.70. The van der Waals surface area contributed by atoms with Gasteiger partial charge in [-0.2, -0.15) is 0 Å². The fraction of sp³-hybridized carbons (Fsp3) is 0.138. The minimum absolute atomic E-state index is 0.0890. The van der Waals surface area contributed by atoms with Crippen LogP contribution in [-0.4, -0.2) is 18.0 Å². The van der Waals surface area contributed by atoms with Crippen LogP contribution in [-0.2, 0) is 10.4 Å². The van der Waals surface area contributed by atoms with Gasteiger partial charge < -0.3 is 0 Å². The summed E-state index contributed by atoms with van der Waals surface area (Å²) >= 11 is 16.5. The summed E-state index contributed by atoms with van der Waals surface area (Å²) in [6, 6.07) is 33.3. The van der Waals surface area contributed by atoms with Crippen LogP contribution < -0.4 is 15.9 Å².